The fourth-order valence-electron chi connectivity index (χ4n) is 5.53. The van der Waals surface area contributed by atoms with Crippen molar-refractivity contribution in [2.24, 2.45) is 13.0 Å². The van der Waals surface area contributed by atoms with Crippen molar-refractivity contribution < 1.29 is 19.1 Å². The summed E-state index contributed by atoms with van der Waals surface area (Å²) in [5.41, 5.74) is 2.38. The van der Waals surface area contributed by atoms with Gasteiger partial charge >= 0.3 is 5.69 Å². The minimum Gasteiger partial charge on any atom is -0.371 e. The molecule has 1 N–H and O–H groups in total. The summed E-state index contributed by atoms with van der Waals surface area (Å²) in [6, 6.07) is 9.53. The number of nitrogens with zero attached hydrogens (tertiary/aromatic N) is 3. The number of benzene rings is 2. The van der Waals surface area contributed by atoms with Gasteiger partial charge in [-0.3, -0.25) is 24.0 Å². The van der Waals surface area contributed by atoms with Gasteiger partial charge in [-0.15, -0.1) is 0 Å². The van der Waals surface area contributed by atoms with Crippen LogP contribution < -0.4 is 15.9 Å². The highest BCUT2D eigenvalue weighted by Gasteiger charge is 2.32. The fraction of sp³-hybridized carbons (Fsp3) is 0.480. The molecule has 2 aliphatic rings. The molecule has 2 amide bonds. The summed E-state index contributed by atoms with van der Waals surface area (Å²) in [6.45, 7) is 1.85. The maximum absolute atomic E-state index is 13.1. The largest absolute Gasteiger partial charge is 0.371 e. The van der Waals surface area contributed by atoms with Crippen molar-refractivity contribution in [3.05, 3.63) is 40.8 Å². The molecule has 180 valence electrons. The van der Waals surface area contributed by atoms with Crippen LogP contribution in [0.5, 0.6) is 0 Å². The molecule has 5 rings (SSSR count). The maximum atomic E-state index is 13.1. The van der Waals surface area contributed by atoms with Crippen LogP contribution in [0.15, 0.2) is 35.1 Å². The Balaban J connectivity index is 1.48. The second kappa shape index (κ2) is 8.88. The second-order valence-corrected chi connectivity index (χ2v) is 9.18. The van der Waals surface area contributed by atoms with Crippen molar-refractivity contribution in [1.29, 1.82) is 0 Å². The van der Waals surface area contributed by atoms with Gasteiger partial charge in [-0.05, 0) is 42.8 Å². The van der Waals surface area contributed by atoms with E-state index in [2.05, 4.69) is 28.4 Å². The number of hydrogen-bond acceptors (Lipinski definition) is 6. The van der Waals surface area contributed by atoms with Gasteiger partial charge in [0.2, 0.25) is 11.8 Å². The molecule has 3 heterocycles. The minimum absolute atomic E-state index is 0.165. The Morgan fingerprint density at radius 3 is 2.41 bits per heavy atom. The van der Waals surface area contributed by atoms with Crippen molar-refractivity contribution in [3.63, 3.8) is 0 Å². The molecule has 2 saturated heterocycles. The number of aryl methyl sites for hydroxylation is 1. The normalized spacial score (nSPS) is 20.0. The number of aromatic nitrogens is 2. The molecule has 2 fully saturated rings. The Bertz CT molecular complexity index is 1310. The summed E-state index contributed by atoms with van der Waals surface area (Å²) in [4.78, 5) is 39.6. The van der Waals surface area contributed by atoms with Gasteiger partial charge in [0.05, 0.1) is 11.0 Å². The lowest BCUT2D eigenvalue weighted by Crippen LogP contribution is -2.44. The van der Waals surface area contributed by atoms with Crippen molar-refractivity contribution in [1.82, 2.24) is 14.5 Å². The molecule has 1 atom stereocenters. The van der Waals surface area contributed by atoms with Crippen LogP contribution in [0.3, 0.4) is 0 Å². The molecule has 9 nitrogen and oxygen atoms in total. The zero-order valence-corrected chi connectivity index (χ0v) is 19.7. The monoisotopic (exact) mass is 466 g/mol. The van der Waals surface area contributed by atoms with Gasteiger partial charge in [0.15, 0.2) is 6.29 Å². The van der Waals surface area contributed by atoms with E-state index in [1.165, 1.54) is 4.57 Å². The molecule has 1 unspecified atom stereocenters. The van der Waals surface area contributed by atoms with Gasteiger partial charge in [0.1, 0.15) is 6.04 Å². The maximum Gasteiger partial charge on any atom is 0.329 e. The van der Waals surface area contributed by atoms with E-state index in [1.807, 2.05) is 12.1 Å². The number of piperidine rings is 2. The van der Waals surface area contributed by atoms with E-state index < -0.39 is 11.9 Å². The number of carbonyl (C=O) groups excluding carboxylic acids is 2. The Morgan fingerprint density at radius 2 is 1.74 bits per heavy atom. The average Bonchev–Trinajstić information content (AvgIpc) is 3.10. The Kier molecular flexibility index (Phi) is 5.91. The predicted octanol–water partition coefficient (Wildman–Crippen LogP) is 2.31. The van der Waals surface area contributed by atoms with Crippen LogP contribution in [0, 0.1) is 5.92 Å². The number of amides is 2. The van der Waals surface area contributed by atoms with Crippen molar-refractivity contribution in [3.8, 4) is 0 Å². The molecular formula is C25H30N4O5. The van der Waals surface area contributed by atoms with Crippen LogP contribution in [0.1, 0.15) is 31.7 Å². The van der Waals surface area contributed by atoms with E-state index in [4.69, 9.17) is 9.47 Å². The van der Waals surface area contributed by atoms with E-state index in [-0.39, 0.29) is 24.3 Å². The van der Waals surface area contributed by atoms with E-state index in [9.17, 15) is 14.4 Å². The molecule has 1 aromatic heterocycles. The van der Waals surface area contributed by atoms with Gasteiger partial charge in [-0.25, -0.2) is 4.79 Å². The lowest BCUT2D eigenvalue weighted by Gasteiger charge is -2.36. The van der Waals surface area contributed by atoms with Crippen LogP contribution in [0.2, 0.25) is 0 Å². The van der Waals surface area contributed by atoms with Crippen LogP contribution in [-0.4, -0.2) is 54.5 Å². The average molecular weight is 467 g/mol. The van der Waals surface area contributed by atoms with E-state index >= 15 is 0 Å². The summed E-state index contributed by atoms with van der Waals surface area (Å²) in [6.07, 6.45) is 2.37. The topological polar surface area (TPSA) is 94.8 Å². The number of hydrogen-bond donors (Lipinski definition) is 1. The third-order valence-corrected chi connectivity index (χ3v) is 7.32. The summed E-state index contributed by atoms with van der Waals surface area (Å²) >= 11 is 0. The number of carbonyl (C=O) groups is 2. The first kappa shape index (κ1) is 22.6. The Labute approximate surface area is 197 Å². The quantitative estimate of drug-likeness (QED) is 0.458. The molecule has 0 saturated carbocycles. The third-order valence-electron chi connectivity index (χ3n) is 7.32. The van der Waals surface area contributed by atoms with Crippen molar-refractivity contribution in [2.45, 2.75) is 38.0 Å². The van der Waals surface area contributed by atoms with Crippen molar-refractivity contribution >= 4 is 39.3 Å². The van der Waals surface area contributed by atoms with Crippen LogP contribution in [0.4, 0.5) is 5.69 Å². The van der Waals surface area contributed by atoms with Crippen LogP contribution in [-0.2, 0) is 26.1 Å². The number of rotatable bonds is 5. The summed E-state index contributed by atoms with van der Waals surface area (Å²) in [5.74, 6) is -0.335. The Hall–Kier alpha value is -3.17. The van der Waals surface area contributed by atoms with Crippen LogP contribution >= 0.6 is 0 Å². The number of anilines is 1. The second-order valence-electron chi connectivity index (χ2n) is 9.18. The van der Waals surface area contributed by atoms with Gasteiger partial charge < -0.3 is 14.4 Å². The molecule has 2 aliphatic heterocycles. The highest BCUT2D eigenvalue weighted by atomic mass is 16.7. The number of imidazole rings is 1. The molecule has 34 heavy (non-hydrogen) atoms. The molecular weight excluding hydrogens is 436 g/mol. The Morgan fingerprint density at radius 1 is 1.00 bits per heavy atom. The van der Waals surface area contributed by atoms with Gasteiger partial charge in [0, 0.05) is 57.8 Å². The molecule has 0 aliphatic carbocycles. The molecule has 3 aromatic rings. The number of ether oxygens (including phenoxy) is 2. The van der Waals surface area contributed by atoms with Gasteiger partial charge in [-0.2, -0.15) is 0 Å². The lowest BCUT2D eigenvalue weighted by molar-refractivity contribution is -0.141. The smallest absolute Gasteiger partial charge is 0.329 e. The summed E-state index contributed by atoms with van der Waals surface area (Å²) in [7, 11) is 5.10. The van der Waals surface area contributed by atoms with E-state index in [0.29, 0.717) is 17.9 Å². The zero-order valence-electron chi connectivity index (χ0n) is 19.7. The first-order valence-electron chi connectivity index (χ1n) is 11.7. The zero-order chi connectivity index (χ0) is 24.0. The molecule has 0 radical (unpaired) electrons. The van der Waals surface area contributed by atoms with E-state index in [1.54, 1.807) is 25.8 Å². The minimum atomic E-state index is -0.685. The molecule has 2 aromatic carbocycles. The number of fused-ring (bicyclic) bond motifs is 3. The SMILES string of the molecule is COC(OC)C1CCN(c2ccc3c(ccc4c3n(C)c(=O)n4C3CCC(=O)NC3=O)c2)CC1. The highest BCUT2D eigenvalue weighted by Crippen LogP contribution is 2.33. The van der Waals surface area contributed by atoms with Crippen molar-refractivity contribution in [2.75, 3.05) is 32.2 Å². The first-order chi connectivity index (χ1) is 16.4. The van der Waals surface area contributed by atoms with E-state index in [0.717, 1.165) is 47.9 Å². The number of imide groups is 1. The predicted molar refractivity (Wildman–Crippen MR) is 129 cm³/mol. The summed E-state index contributed by atoms with van der Waals surface area (Å²) < 4.78 is 14.0. The van der Waals surface area contributed by atoms with Gasteiger partial charge in [0.25, 0.3) is 0 Å². The molecule has 0 spiro atoms. The number of methoxy groups -OCH3 is 2. The third kappa shape index (κ3) is 3.69. The standard InChI is InChI=1S/C25H30N4O5/c1-27-22-18-6-5-17(28-12-10-15(11-13-28)24(33-2)34-3)14-16(18)4-7-19(22)29(25(27)32)20-8-9-21(30)26-23(20)31/h4-7,14-15,20,24H,8-13H2,1-3H3,(H,26,30,31). The lowest BCUT2D eigenvalue weighted by atomic mass is 9.95. The molecule has 9 heteroatoms. The number of nitrogens with one attached hydrogen (secondary N) is 1. The van der Waals surface area contributed by atoms with Crippen LogP contribution in [0.25, 0.3) is 21.8 Å². The first-order valence-corrected chi connectivity index (χ1v) is 11.7. The molecule has 0 bridgehead atoms. The summed E-state index contributed by atoms with van der Waals surface area (Å²) in [5, 5.41) is 4.36. The highest BCUT2D eigenvalue weighted by molar-refractivity contribution is 6.06. The van der Waals surface area contributed by atoms with Gasteiger partial charge in [-0.1, -0.05) is 12.1 Å². The fourth-order valence-corrected chi connectivity index (χ4v) is 5.53.